The standard InChI is InChI=1S/C10H12BrNO6S2/c1-5-7(4-8(11)19-5)20(17,18)12-6(10(15)16)2-3-9(13)14/h4,6,12H,2-3H2,1H3,(H,13,14)(H,15,16). The minimum atomic E-state index is -4.01. The first-order chi connectivity index (χ1) is 9.13. The van der Waals surface area contributed by atoms with Gasteiger partial charge < -0.3 is 10.2 Å². The van der Waals surface area contributed by atoms with E-state index in [2.05, 4.69) is 15.9 Å². The van der Waals surface area contributed by atoms with Gasteiger partial charge in [-0.1, -0.05) is 0 Å². The van der Waals surface area contributed by atoms with Crippen LogP contribution in [0.15, 0.2) is 14.7 Å². The van der Waals surface area contributed by atoms with E-state index in [9.17, 15) is 18.0 Å². The van der Waals surface area contributed by atoms with Gasteiger partial charge in [0.2, 0.25) is 10.0 Å². The van der Waals surface area contributed by atoms with Crippen molar-refractivity contribution in [3.8, 4) is 0 Å². The Balaban J connectivity index is 2.94. The van der Waals surface area contributed by atoms with E-state index in [4.69, 9.17) is 10.2 Å². The molecule has 0 radical (unpaired) electrons. The Morgan fingerprint density at radius 1 is 1.45 bits per heavy atom. The van der Waals surface area contributed by atoms with Gasteiger partial charge >= 0.3 is 11.9 Å². The van der Waals surface area contributed by atoms with Gasteiger partial charge in [-0.3, -0.25) is 9.59 Å². The molecule has 20 heavy (non-hydrogen) atoms. The van der Waals surface area contributed by atoms with Crippen molar-refractivity contribution in [2.45, 2.75) is 30.7 Å². The number of thiophene rings is 1. The number of carboxylic acids is 2. The molecular weight excluding hydrogens is 374 g/mol. The molecule has 7 nitrogen and oxygen atoms in total. The number of hydrogen-bond acceptors (Lipinski definition) is 5. The zero-order valence-corrected chi connectivity index (χ0v) is 13.5. The van der Waals surface area contributed by atoms with Crippen molar-refractivity contribution in [2.75, 3.05) is 0 Å². The van der Waals surface area contributed by atoms with E-state index in [0.29, 0.717) is 8.66 Å². The molecule has 0 fully saturated rings. The molecule has 0 amide bonds. The fourth-order valence-electron chi connectivity index (χ4n) is 1.45. The zero-order valence-electron chi connectivity index (χ0n) is 10.3. The summed E-state index contributed by atoms with van der Waals surface area (Å²) in [6, 6.07) is -0.104. The van der Waals surface area contributed by atoms with Crippen molar-refractivity contribution in [3.63, 3.8) is 0 Å². The van der Waals surface area contributed by atoms with Gasteiger partial charge in [0.25, 0.3) is 0 Å². The quantitative estimate of drug-likeness (QED) is 0.652. The predicted molar refractivity (Wildman–Crippen MR) is 75.4 cm³/mol. The molecule has 1 heterocycles. The molecule has 1 atom stereocenters. The van der Waals surface area contributed by atoms with Gasteiger partial charge in [-0.15, -0.1) is 11.3 Å². The van der Waals surface area contributed by atoms with Crippen LogP contribution in [-0.4, -0.2) is 36.6 Å². The number of carbonyl (C=O) groups is 2. The normalized spacial score (nSPS) is 13.1. The molecule has 0 spiro atoms. The molecule has 112 valence electrons. The minimum absolute atomic E-state index is 0.0176. The smallest absolute Gasteiger partial charge is 0.321 e. The summed E-state index contributed by atoms with van der Waals surface area (Å²) in [5.41, 5.74) is 0. The molecule has 0 aromatic carbocycles. The lowest BCUT2D eigenvalue weighted by atomic mass is 10.2. The first kappa shape index (κ1) is 17.1. The summed E-state index contributed by atoms with van der Waals surface area (Å²) < 4.78 is 26.8. The second-order valence-corrected chi connectivity index (χ2v) is 8.23. The molecule has 3 N–H and O–H groups in total. The Labute approximate surface area is 127 Å². The maximum Gasteiger partial charge on any atom is 0.321 e. The van der Waals surface area contributed by atoms with Crippen LogP contribution in [-0.2, 0) is 19.6 Å². The number of aliphatic carboxylic acids is 2. The minimum Gasteiger partial charge on any atom is -0.481 e. The number of carboxylic acid groups (broad SMARTS) is 2. The Hall–Kier alpha value is -0.970. The molecular formula is C10H12BrNO6S2. The molecule has 0 aliphatic heterocycles. The molecule has 1 aromatic heterocycles. The monoisotopic (exact) mass is 385 g/mol. The van der Waals surface area contributed by atoms with E-state index >= 15 is 0 Å². The van der Waals surface area contributed by atoms with E-state index in [0.717, 1.165) is 0 Å². The number of hydrogen-bond donors (Lipinski definition) is 3. The van der Waals surface area contributed by atoms with Gasteiger partial charge in [0.1, 0.15) is 6.04 Å². The molecule has 0 saturated carbocycles. The molecule has 0 aliphatic rings. The highest BCUT2D eigenvalue weighted by atomic mass is 79.9. The van der Waals surface area contributed by atoms with Crippen LogP contribution in [0.3, 0.4) is 0 Å². The number of sulfonamides is 1. The van der Waals surface area contributed by atoms with Crippen LogP contribution in [0.2, 0.25) is 0 Å². The Kier molecular flexibility index (Phi) is 5.68. The van der Waals surface area contributed by atoms with Crippen molar-refractivity contribution in [1.82, 2.24) is 4.72 Å². The highest BCUT2D eigenvalue weighted by molar-refractivity contribution is 9.11. The molecule has 1 rings (SSSR count). The lowest BCUT2D eigenvalue weighted by molar-refractivity contribution is -0.140. The molecule has 0 saturated heterocycles. The van der Waals surface area contributed by atoms with Crippen molar-refractivity contribution in [2.24, 2.45) is 0 Å². The van der Waals surface area contributed by atoms with Gasteiger partial charge in [0.15, 0.2) is 0 Å². The second-order valence-electron chi connectivity index (χ2n) is 3.92. The maximum atomic E-state index is 12.1. The summed E-state index contributed by atoms with van der Waals surface area (Å²) >= 11 is 4.36. The number of rotatable bonds is 7. The van der Waals surface area contributed by atoms with Crippen molar-refractivity contribution < 1.29 is 28.2 Å². The third-order valence-corrected chi connectivity index (χ3v) is 5.65. The van der Waals surface area contributed by atoms with Gasteiger partial charge in [-0.05, 0) is 35.3 Å². The molecule has 0 bridgehead atoms. The summed E-state index contributed by atoms with van der Waals surface area (Å²) in [7, 11) is -4.01. The molecule has 1 aromatic rings. The van der Waals surface area contributed by atoms with Gasteiger partial charge in [-0.25, -0.2) is 8.42 Å². The maximum absolute atomic E-state index is 12.1. The highest BCUT2D eigenvalue weighted by Crippen LogP contribution is 2.29. The van der Waals surface area contributed by atoms with Crippen LogP contribution < -0.4 is 4.72 Å². The van der Waals surface area contributed by atoms with Crippen LogP contribution in [0.25, 0.3) is 0 Å². The van der Waals surface area contributed by atoms with E-state index in [1.54, 1.807) is 6.92 Å². The topological polar surface area (TPSA) is 121 Å². The molecule has 0 aliphatic carbocycles. The van der Waals surface area contributed by atoms with Crippen LogP contribution in [0.4, 0.5) is 0 Å². The fourth-order valence-corrected chi connectivity index (χ4v) is 5.09. The highest BCUT2D eigenvalue weighted by Gasteiger charge is 2.27. The van der Waals surface area contributed by atoms with Crippen LogP contribution in [0.1, 0.15) is 17.7 Å². The van der Waals surface area contributed by atoms with E-state index < -0.39 is 34.4 Å². The van der Waals surface area contributed by atoms with E-state index in [1.807, 2.05) is 4.72 Å². The average molecular weight is 386 g/mol. The first-order valence-electron chi connectivity index (χ1n) is 5.36. The summed E-state index contributed by atoms with van der Waals surface area (Å²) in [5.74, 6) is -2.60. The van der Waals surface area contributed by atoms with Crippen LogP contribution >= 0.6 is 27.3 Å². The van der Waals surface area contributed by atoms with Crippen molar-refractivity contribution in [3.05, 3.63) is 14.7 Å². The lowest BCUT2D eigenvalue weighted by Crippen LogP contribution is -2.41. The molecule has 10 heteroatoms. The Bertz CT molecular complexity index is 624. The largest absolute Gasteiger partial charge is 0.481 e. The summed E-state index contributed by atoms with van der Waals surface area (Å²) in [6.07, 6.45) is -0.764. The SMILES string of the molecule is Cc1sc(Br)cc1S(=O)(=O)NC(CCC(=O)O)C(=O)O. The Morgan fingerprint density at radius 3 is 2.45 bits per heavy atom. The lowest BCUT2D eigenvalue weighted by Gasteiger charge is -2.13. The Morgan fingerprint density at radius 2 is 2.05 bits per heavy atom. The van der Waals surface area contributed by atoms with Crippen LogP contribution in [0, 0.1) is 6.92 Å². The van der Waals surface area contributed by atoms with Crippen molar-refractivity contribution in [1.29, 1.82) is 0 Å². The van der Waals surface area contributed by atoms with Crippen LogP contribution in [0.5, 0.6) is 0 Å². The number of aryl methyl sites for hydroxylation is 1. The number of halogens is 1. The third-order valence-electron chi connectivity index (χ3n) is 2.37. The van der Waals surface area contributed by atoms with E-state index in [-0.39, 0.29) is 11.3 Å². The van der Waals surface area contributed by atoms with Gasteiger partial charge in [0.05, 0.1) is 8.68 Å². The molecule has 1 unspecified atom stereocenters. The summed E-state index contributed by atoms with van der Waals surface area (Å²) in [5, 5.41) is 17.5. The number of nitrogens with one attached hydrogen (secondary N) is 1. The third kappa shape index (κ3) is 4.54. The average Bonchev–Trinajstić information content (AvgIpc) is 2.64. The van der Waals surface area contributed by atoms with E-state index in [1.165, 1.54) is 17.4 Å². The first-order valence-corrected chi connectivity index (χ1v) is 8.45. The van der Waals surface area contributed by atoms with Crippen molar-refractivity contribution >= 4 is 49.2 Å². The zero-order chi connectivity index (χ0) is 15.5. The predicted octanol–water partition coefficient (Wildman–Crippen LogP) is 1.42. The second kappa shape index (κ2) is 6.66. The summed E-state index contributed by atoms with van der Waals surface area (Å²) in [4.78, 5) is 21.9. The van der Waals surface area contributed by atoms with Gasteiger partial charge in [0, 0.05) is 11.3 Å². The van der Waals surface area contributed by atoms with Gasteiger partial charge in [-0.2, -0.15) is 4.72 Å². The summed E-state index contributed by atoms with van der Waals surface area (Å²) in [6.45, 7) is 1.59. The fraction of sp³-hybridized carbons (Fsp3) is 0.400.